The van der Waals surface area contributed by atoms with Crippen molar-refractivity contribution in [3.8, 4) is 68.0 Å². The smallest absolute Gasteiger partial charge is 0.288 e. The Morgan fingerprint density at radius 2 is 0.717 bits per heavy atom. The summed E-state index contributed by atoms with van der Waals surface area (Å²) in [6, 6.07) is 43.6. The lowest BCUT2D eigenvalue weighted by molar-refractivity contribution is -0.384. The van der Waals surface area contributed by atoms with Crippen LogP contribution in [-0.2, 0) is 6.61 Å². The van der Waals surface area contributed by atoms with Gasteiger partial charge in [-0.05, 0) is 209 Å². The van der Waals surface area contributed by atoms with E-state index in [2.05, 4.69) is 15.0 Å². The first kappa shape index (κ1) is 94.3. The summed E-state index contributed by atoms with van der Waals surface area (Å²) in [6.07, 6.45) is 24.6. The number of imidazole rings is 5. The number of aliphatic hydroxyl groups is 1. The molecule has 2 aliphatic rings. The summed E-state index contributed by atoms with van der Waals surface area (Å²) in [5, 5.41) is 25.1. The number of aryl methyl sites for hydroxylation is 4. The van der Waals surface area contributed by atoms with Crippen LogP contribution in [0.2, 0.25) is 10.0 Å². The standard InChI is InChI=1S/C22H16N2O4S.C21H12ClF2N3O3S.C21H13ClN2O3S.C21H13F3N2OS.C16H12F2N2OS/c25-12-14-1-3-15(4-2-14)21-17(24-9-10-29-22(24)23-21)6-7-18(26)16-5-8-19-20(11-16)28-13-27-19;1-11-10-26-17(4-5-19(28)13-6-14(23)9-15(24)7-13)20(25-21(26)31-11)12-2-3-16(22)18(8-12)27(29)30;22-15-4-1-13(2-5-15)20-16(24-9-10-28-21(24)23-20)6-7-17(25)14-3-8-18-19(11-14)27-12-26-18;1-12-11-26-18(6-7-19(27)14-8-16(23)10-17(24)9-14)20(25-21(26)28-12)13-2-4-15(22)5-3-13;1-9-8-20-14(10(2)19-16(20)22-9)3-4-15(21)11-5-12(17)7-13(18)6-11/h1-11,25H,12-13H2;2-10H,1H3;1-11H,12H2;2-11H,1H3;3-8H,1-2H3/b7-6+;5-4+;2*7-6+;4-3+. The largest absolute Gasteiger partial charge is 0.454 e. The minimum atomic E-state index is -0.855. The third-order valence-electron chi connectivity index (χ3n) is 21.0. The van der Waals surface area contributed by atoms with Crippen LogP contribution in [0, 0.1) is 78.5 Å². The molecule has 1 N–H and O–H groups in total. The van der Waals surface area contributed by atoms with Gasteiger partial charge in [0, 0.05) is 136 Å². The van der Waals surface area contributed by atoms with Gasteiger partial charge in [0.05, 0.1) is 68.5 Å². The second-order valence-corrected chi connectivity index (χ2v) is 36.7. The van der Waals surface area contributed by atoms with Crippen molar-refractivity contribution >= 4 is 170 Å². The minimum Gasteiger partial charge on any atom is -0.454 e. The molecule has 12 heterocycles. The molecular formula is C101H66Cl2F7N11O12S5. The van der Waals surface area contributed by atoms with Gasteiger partial charge in [-0.2, -0.15) is 0 Å². The van der Waals surface area contributed by atoms with Crippen LogP contribution >= 0.6 is 79.9 Å². The van der Waals surface area contributed by atoms with Gasteiger partial charge in [0.15, 0.2) is 76.7 Å². The zero-order valence-electron chi connectivity index (χ0n) is 72.1. The van der Waals surface area contributed by atoms with Crippen molar-refractivity contribution in [1.82, 2.24) is 46.9 Å². The van der Waals surface area contributed by atoms with Gasteiger partial charge < -0.3 is 24.1 Å². The van der Waals surface area contributed by atoms with Crippen molar-refractivity contribution in [2.45, 2.75) is 34.3 Å². The van der Waals surface area contributed by atoms with Crippen molar-refractivity contribution in [2.75, 3.05) is 13.6 Å². The van der Waals surface area contributed by atoms with Gasteiger partial charge in [0.25, 0.3) is 5.69 Å². The van der Waals surface area contributed by atoms with Crippen LogP contribution in [0.5, 0.6) is 23.0 Å². The van der Waals surface area contributed by atoms with Crippen molar-refractivity contribution in [2.24, 2.45) is 0 Å². The molecule has 37 heteroatoms. The van der Waals surface area contributed by atoms with Gasteiger partial charge >= 0.3 is 0 Å². The summed E-state index contributed by atoms with van der Waals surface area (Å²) in [5.41, 5.74) is 11.3. The monoisotopic (exact) mass is 1990 g/mol. The molecule has 138 heavy (non-hydrogen) atoms. The quantitative estimate of drug-likeness (QED) is 0.0230. The Bertz CT molecular complexity index is 8120. The lowest BCUT2D eigenvalue weighted by atomic mass is 10.1. The molecule has 0 saturated carbocycles. The Morgan fingerprint density at radius 1 is 0.384 bits per heavy atom. The number of nitrogens with zero attached hydrogens (tertiary/aromatic N) is 11. The maximum atomic E-state index is 13.4. The zero-order chi connectivity index (χ0) is 96.9. The Balaban J connectivity index is 0.000000120. The molecule has 0 bridgehead atoms. The van der Waals surface area contributed by atoms with Gasteiger partial charge in [0.1, 0.15) is 45.7 Å². The lowest BCUT2D eigenvalue weighted by Gasteiger charge is -2.02. The fourth-order valence-corrected chi connectivity index (χ4v) is 18.8. The first-order chi connectivity index (χ1) is 66.5. The summed E-state index contributed by atoms with van der Waals surface area (Å²) in [7, 11) is 0. The molecule has 0 atom stereocenters. The first-order valence-electron chi connectivity index (χ1n) is 41.3. The SMILES string of the molecule is Cc1cn2c(/C=C/C(=O)c3cc(F)cc(F)c3)c(-c3ccc(Cl)c([N+](=O)[O-])c3)nc2s1.Cc1cn2c(/C=C/C(=O)c3cc(F)cc(F)c3)c(-c3ccc(F)cc3)nc2s1.Cc1cn2c(/C=C/C(=O)c3cc(F)cc(F)c3)c(C)nc2s1.O=C(/C=C/c1c(-c2ccc(CO)cc2)nc2sccn12)c1ccc2c(c1)OCO2.O=C(/C=C/c1c(-c2ccc(Cl)cc2)nc2sccn12)c1ccc2c(c1)OCO2. The van der Waals surface area contributed by atoms with E-state index in [1.165, 1.54) is 82.6 Å². The van der Waals surface area contributed by atoms with E-state index in [-0.39, 0.29) is 65.0 Å². The predicted octanol–water partition coefficient (Wildman–Crippen LogP) is 25.5. The fourth-order valence-electron chi connectivity index (χ4n) is 14.5. The molecule has 690 valence electrons. The highest BCUT2D eigenvalue weighted by atomic mass is 35.5. The second-order valence-electron chi connectivity index (χ2n) is 30.4. The molecule has 0 spiro atoms. The maximum Gasteiger partial charge on any atom is 0.288 e. The van der Waals surface area contributed by atoms with Crippen molar-refractivity contribution in [1.29, 1.82) is 0 Å². The van der Waals surface area contributed by atoms with E-state index in [1.807, 2.05) is 136 Å². The summed E-state index contributed by atoms with van der Waals surface area (Å²) < 4.78 is 124. The van der Waals surface area contributed by atoms with E-state index in [9.17, 15) is 69.9 Å². The number of carbonyl (C=O) groups excluding carboxylic acids is 5. The van der Waals surface area contributed by atoms with E-state index < -0.39 is 57.2 Å². The average molecular weight is 1990 g/mol. The lowest BCUT2D eigenvalue weighted by Crippen LogP contribution is -1.97. The van der Waals surface area contributed by atoms with Gasteiger partial charge in [-0.3, -0.25) is 56.1 Å². The van der Waals surface area contributed by atoms with E-state index in [4.69, 9.17) is 52.1 Å². The van der Waals surface area contributed by atoms with Crippen LogP contribution in [0.1, 0.15) is 106 Å². The van der Waals surface area contributed by atoms with Gasteiger partial charge in [-0.25, -0.2) is 55.7 Å². The Morgan fingerprint density at radius 3 is 1.12 bits per heavy atom. The normalized spacial score (nSPS) is 12.1. The molecule has 10 aromatic heterocycles. The molecule has 0 radical (unpaired) electrons. The van der Waals surface area contributed by atoms with Gasteiger partial charge in [-0.1, -0.05) is 65.7 Å². The molecule has 2 aliphatic heterocycles. The predicted molar refractivity (Wildman–Crippen MR) is 520 cm³/mol. The minimum absolute atomic E-state index is 0.00461. The highest BCUT2D eigenvalue weighted by Gasteiger charge is 2.25. The molecule has 0 unspecified atom stereocenters. The highest BCUT2D eigenvalue weighted by Crippen LogP contribution is 2.40. The van der Waals surface area contributed by atoms with E-state index in [0.717, 1.165) is 128 Å². The number of fused-ring (bicyclic) bond motifs is 7. The zero-order valence-corrected chi connectivity index (χ0v) is 77.7. The Labute approximate surface area is 807 Å². The molecule has 21 rings (SSSR count). The molecule has 0 aliphatic carbocycles. The number of carbonyl (C=O) groups is 5. The molecule has 9 aromatic carbocycles. The number of benzene rings is 9. The number of rotatable bonds is 21. The van der Waals surface area contributed by atoms with Crippen LogP contribution in [0.4, 0.5) is 36.4 Å². The topological polar surface area (TPSA) is 272 Å². The Hall–Kier alpha value is -15.5. The number of nitro benzene ring substituents is 1. The third kappa shape index (κ3) is 21.3. The average Bonchev–Trinajstić information content (AvgIpc) is 1.63. The number of nitro groups is 1. The number of halogens is 9. The number of hydrogen-bond donors (Lipinski definition) is 1. The summed E-state index contributed by atoms with van der Waals surface area (Å²) in [4.78, 5) is 103. The van der Waals surface area contributed by atoms with Crippen LogP contribution in [0.3, 0.4) is 0 Å². The van der Waals surface area contributed by atoms with Gasteiger partial charge in [-0.15, -0.1) is 56.7 Å². The van der Waals surface area contributed by atoms with Crippen LogP contribution < -0.4 is 18.9 Å². The number of ketones is 5. The highest BCUT2D eigenvalue weighted by molar-refractivity contribution is 7.17. The second kappa shape index (κ2) is 41.0. The maximum absolute atomic E-state index is 13.4. The first-order valence-corrected chi connectivity index (χ1v) is 46.2. The van der Waals surface area contributed by atoms with Crippen LogP contribution in [0.25, 0.3) is 100 Å². The van der Waals surface area contributed by atoms with Crippen molar-refractivity contribution < 1.29 is 83.7 Å². The molecule has 0 fully saturated rings. The molecule has 0 amide bonds. The summed E-state index contributed by atoms with van der Waals surface area (Å²) in [6.45, 7) is 8.00. The van der Waals surface area contributed by atoms with Crippen LogP contribution in [0.15, 0.2) is 254 Å². The molecule has 23 nitrogen and oxygen atoms in total. The van der Waals surface area contributed by atoms with Crippen molar-refractivity contribution in [3.05, 3.63) is 397 Å². The number of hydrogen-bond acceptors (Lipinski definition) is 22. The number of allylic oxidation sites excluding steroid dienone is 5. The number of aliphatic hydroxyl groups excluding tert-OH is 1. The van der Waals surface area contributed by atoms with Gasteiger partial charge in [0.2, 0.25) is 13.6 Å². The Kier molecular flexibility index (Phi) is 28.0. The number of aromatic nitrogens is 10. The third-order valence-corrected chi connectivity index (χ3v) is 25.8. The van der Waals surface area contributed by atoms with E-state index in [1.54, 1.807) is 118 Å². The number of ether oxygens (including phenoxy) is 4. The number of thiazole rings is 5. The summed E-state index contributed by atoms with van der Waals surface area (Å²) >= 11 is 19.4. The molecule has 0 saturated heterocycles. The summed E-state index contributed by atoms with van der Waals surface area (Å²) in [5.74, 6) is -4.62. The van der Waals surface area contributed by atoms with Crippen molar-refractivity contribution in [3.63, 3.8) is 0 Å². The molecular weight excluding hydrogens is 1920 g/mol. The van der Waals surface area contributed by atoms with Crippen LogP contribution in [-0.4, -0.2) is 99.5 Å². The van der Waals surface area contributed by atoms with E-state index in [0.29, 0.717) is 90.1 Å². The van der Waals surface area contributed by atoms with E-state index >= 15 is 0 Å². The molecule has 19 aromatic rings. The fraction of sp³-hybridized carbons (Fsp3) is 0.0693.